The van der Waals surface area contributed by atoms with E-state index in [1.807, 2.05) is 13.0 Å². The largest absolute Gasteiger partial charge is 0.465 e. The zero-order valence-corrected chi connectivity index (χ0v) is 14.1. The molecular weight excluding hydrogens is 342 g/mol. The summed E-state index contributed by atoms with van der Waals surface area (Å²) in [4.78, 5) is 33.8. The first kappa shape index (κ1) is 14.6. The second-order valence-corrected chi connectivity index (χ2v) is 7.78. The summed E-state index contributed by atoms with van der Waals surface area (Å²) < 4.78 is 0.548. The van der Waals surface area contributed by atoms with Crippen molar-refractivity contribution in [3.8, 4) is 10.4 Å². The maximum atomic E-state index is 12.5. The Bertz CT molecular complexity index is 1070. The summed E-state index contributed by atoms with van der Waals surface area (Å²) in [6.07, 6.45) is 1.77. The van der Waals surface area contributed by atoms with Crippen molar-refractivity contribution in [2.24, 2.45) is 11.8 Å². The Hall–Kier alpha value is -2.68. The Morgan fingerprint density at radius 3 is 3.04 bits per heavy atom. The summed E-state index contributed by atoms with van der Waals surface area (Å²) >= 11 is 1.37. The number of carboxylic acid groups (broad SMARTS) is 1. The molecule has 5 rings (SSSR count). The molecule has 128 valence electrons. The molecule has 25 heavy (non-hydrogen) atoms. The van der Waals surface area contributed by atoms with Crippen LogP contribution in [0.2, 0.25) is 0 Å². The lowest BCUT2D eigenvalue weighted by Crippen LogP contribution is -2.33. The highest BCUT2D eigenvalue weighted by Crippen LogP contribution is 2.55. The molecule has 1 saturated carbocycles. The maximum absolute atomic E-state index is 12.5. The van der Waals surface area contributed by atoms with Crippen molar-refractivity contribution in [3.63, 3.8) is 0 Å². The van der Waals surface area contributed by atoms with E-state index in [4.69, 9.17) is 0 Å². The molecule has 0 aromatic carbocycles. The first-order valence-corrected chi connectivity index (χ1v) is 8.88. The highest BCUT2D eigenvalue weighted by Gasteiger charge is 2.55. The quantitative estimate of drug-likeness (QED) is 0.651. The summed E-state index contributed by atoms with van der Waals surface area (Å²) in [5, 5.41) is 16.3. The monoisotopic (exact) mass is 357 g/mol. The van der Waals surface area contributed by atoms with E-state index in [2.05, 4.69) is 20.2 Å². The van der Waals surface area contributed by atoms with Gasteiger partial charge < -0.3 is 10.1 Å². The standard InChI is InChI=1S/C16H15N5O3S/c1-6-9(4-17-20-6)11-3-10-13(25-11)15(22)19-14(18-10)12-8-2-7(8)5-21(12)16(23)24/h3-4,7-8,12H,2,5H2,1H3,(H,17,20)(H,23,24)(H,18,19,22). The molecule has 9 heteroatoms. The van der Waals surface area contributed by atoms with Gasteiger partial charge >= 0.3 is 6.09 Å². The number of likely N-dealkylation sites (tertiary alicyclic amines) is 1. The fraction of sp³-hybridized carbons (Fsp3) is 0.375. The molecule has 2 aliphatic rings. The number of nitrogens with zero attached hydrogens (tertiary/aromatic N) is 3. The molecule has 3 unspecified atom stereocenters. The zero-order chi connectivity index (χ0) is 17.3. The predicted molar refractivity (Wildman–Crippen MR) is 91.6 cm³/mol. The van der Waals surface area contributed by atoms with Gasteiger partial charge in [0.1, 0.15) is 10.5 Å². The maximum Gasteiger partial charge on any atom is 0.407 e. The van der Waals surface area contributed by atoms with Gasteiger partial charge in [-0.3, -0.25) is 14.8 Å². The minimum atomic E-state index is -0.958. The fourth-order valence-corrected chi connectivity index (χ4v) is 4.90. The third-order valence-corrected chi connectivity index (χ3v) is 6.33. The smallest absolute Gasteiger partial charge is 0.407 e. The summed E-state index contributed by atoms with van der Waals surface area (Å²) in [5.74, 6) is 1.12. The zero-order valence-electron chi connectivity index (χ0n) is 13.3. The number of nitrogens with one attached hydrogen (secondary N) is 2. The minimum Gasteiger partial charge on any atom is -0.465 e. The summed E-state index contributed by atoms with van der Waals surface area (Å²) in [7, 11) is 0. The highest BCUT2D eigenvalue weighted by atomic mass is 32.1. The molecule has 1 amide bonds. The van der Waals surface area contributed by atoms with Crippen molar-refractivity contribution in [2.45, 2.75) is 19.4 Å². The lowest BCUT2D eigenvalue weighted by atomic mass is 10.1. The van der Waals surface area contributed by atoms with Crippen LogP contribution in [0.25, 0.3) is 20.7 Å². The Morgan fingerprint density at radius 2 is 2.32 bits per heavy atom. The number of thiophene rings is 1. The average Bonchev–Trinajstić information content (AvgIpc) is 2.92. The number of hydrogen-bond donors (Lipinski definition) is 3. The van der Waals surface area contributed by atoms with E-state index in [9.17, 15) is 14.7 Å². The van der Waals surface area contributed by atoms with Gasteiger partial charge in [0.25, 0.3) is 5.56 Å². The van der Waals surface area contributed by atoms with E-state index in [1.165, 1.54) is 16.2 Å². The molecule has 0 bridgehead atoms. The molecule has 2 fully saturated rings. The molecule has 4 heterocycles. The van der Waals surface area contributed by atoms with E-state index in [1.54, 1.807) is 6.20 Å². The topological polar surface area (TPSA) is 115 Å². The van der Waals surface area contributed by atoms with Crippen LogP contribution >= 0.6 is 11.3 Å². The first-order valence-electron chi connectivity index (χ1n) is 8.06. The molecule has 0 radical (unpaired) electrons. The van der Waals surface area contributed by atoms with Crippen LogP contribution in [0, 0.1) is 18.8 Å². The van der Waals surface area contributed by atoms with Gasteiger partial charge in [0.2, 0.25) is 0 Å². The van der Waals surface area contributed by atoms with E-state index < -0.39 is 6.09 Å². The number of piperidine rings is 1. The predicted octanol–water partition coefficient (Wildman–Crippen LogP) is 2.35. The Balaban J connectivity index is 1.63. The molecule has 3 aromatic heterocycles. The van der Waals surface area contributed by atoms with E-state index in [0.717, 1.165) is 22.6 Å². The molecule has 3 aromatic rings. The van der Waals surface area contributed by atoms with Crippen molar-refractivity contribution >= 4 is 27.6 Å². The van der Waals surface area contributed by atoms with Gasteiger partial charge in [0.05, 0.1) is 17.8 Å². The van der Waals surface area contributed by atoms with Crippen molar-refractivity contribution in [1.82, 2.24) is 25.1 Å². The van der Waals surface area contributed by atoms with Gasteiger partial charge in [-0.1, -0.05) is 0 Å². The van der Waals surface area contributed by atoms with Crippen LogP contribution in [-0.2, 0) is 0 Å². The number of carbonyl (C=O) groups is 1. The highest BCUT2D eigenvalue weighted by molar-refractivity contribution is 7.22. The third-order valence-electron chi connectivity index (χ3n) is 5.17. The number of rotatable bonds is 2. The lowest BCUT2D eigenvalue weighted by Gasteiger charge is -2.23. The van der Waals surface area contributed by atoms with Crippen LogP contribution < -0.4 is 5.56 Å². The first-order chi connectivity index (χ1) is 12.0. The number of fused-ring (bicyclic) bond motifs is 2. The number of aryl methyl sites for hydroxylation is 1. The van der Waals surface area contributed by atoms with Crippen LogP contribution in [0.1, 0.15) is 24.0 Å². The molecule has 1 aliphatic carbocycles. The summed E-state index contributed by atoms with van der Waals surface area (Å²) in [5.41, 5.74) is 2.26. The lowest BCUT2D eigenvalue weighted by molar-refractivity contribution is 0.129. The summed E-state index contributed by atoms with van der Waals surface area (Å²) in [6, 6.07) is 1.53. The van der Waals surface area contributed by atoms with Gasteiger partial charge in [0.15, 0.2) is 0 Å². The van der Waals surface area contributed by atoms with Crippen LogP contribution in [0.3, 0.4) is 0 Å². The number of aromatic amines is 2. The molecule has 1 aliphatic heterocycles. The fourth-order valence-electron chi connectivity index (χ4n) is 3.84. The van der Waals surface area contributed by atoms with Crippen molar-refractivity contribution in [1.29, 1.82) is 0 Å². The Morgan fingerprint density at radius 1 is 1.48 bits per heavy atom. The van der Waals surface area contributed by atoms with E-state index >= 15 is 0 Å². The van der Waals surface area contributed by atoms with Crippen LogP contribution in [0.5, 0.6) is 0 Å². The van der Waals surface area contributed by atoms with Crippen LogP contribution in [0.4, 0.5) is 4.79 Å². The van der Waals surface area contributed by atoms with Crippen molar-refractivity contribution in [2.75, 3.05) is 6.54 Å². The Labute approximate surface area is 145 Å². The van der Waals surface area contributed by atoms with Gasteiger partial charge in [-0.05, 0) is 31.2 Å². The van der Waals surface area contributed by atoms with Crippen LogP contribution in [0.15, 0.2) is 17.1 Å². The number of hydrogen-bond acceptors (Lipinski definition) is 5. The molecule has 3 N–H and O–H groups in total. The minimum absolute atomic E-state index is 0.216. The molecule has 3 atom stereocenters. The number of aromatic nitrogens is 4. The van der Waals surface area contributed by atoms with Gasteiger partial charge in [0, 0.05) is 22.7 Å². The summed E-state index contributed by atoms with van der Waals surface area (Å²) in [6.45, 7) is 2.45. The molecule has 8 nitrogen and oxygen atoms in total. The van der Waals surface area contributed by atoms with Gasteiger partial charge in [-0.2, -0.15) is 5.10 Å². The molecule has 1 saturated heterocycles. The Kier molecular flexibility index (Phi) is 2.88. The van der Waals surface area contributed by atoms with Crippen LogP contribution in [-0.4, -0.2) is 42.8 Å². The molecular formula is C16H15N5O3S. The third kappa shape index (κ3) is 2.12. The van der Waals surface area contributed by atoms with Gasteiger partial charge in [-0.25, -0.2) is 9.78 Å². The number of amides is 1. The second kappa shape index (κ2) is 4.92. The van der Waals surface area contributed by atoms with Gasteiger partial charge in [-0.15, -0.1) is 11.3 Å². The average molecular weight is 357 g/mol. The van der Waals surface area contributed by atoms with E-state index in [0.29, 0.717) is 28.5 Å². The number of H-pyrrole nitrogens is 2. The second-order valence-electron chi connectivity index (χ2n) is 6.72. The molecule has 0 spiro atoms. The van der Waals surface area contributed by atoms with E-state index in [-0.39, 0.29) is 17.5 Å². The van der Waals surface area contributed by atoms with Crippen molar-refractivity contribution < 1.29 is 9.90 Å². The van der Waals surface area contributed by atoms with Crippen molar-refractivity contribution in [3.05, 3.63) is 34.1 Å². The SMILES string of the molecule is Cc1[nH]ncc1-c1cc2nc(C3C4CC4CN3C(=O)O)[nH]c(=O)c2s1. The normalized spacial score (nSPS) is 24.7.